The molecule has 1 rings (SSSR count). The maximum atomic E-state index is 11.2. The van der Waals surface area contributed by atoms with Crippen molar-refractivity contribution in [2.75, 3.05) is 11.4 Å². The van der Waals surface area contributed by atoms with Crippen molar-refractivity contribution in [1.29, 1.82) is 0 Å². The third kappa shape index (κ3) is 3.96. The molecule has 1 aromatic carbocycles. The minimum absolute atomic E-state index is 0.0586. The zero-order valence-corrected chi connectivity index (χ0v) is 12.5. The molecule has 1 aromatic rings. The fourth-order valence-corrected chi connectivity index (χ4v) is 2.56. The Kier molecular flexibility index (Phi) is 5.35. The lowest BCUT2D eigenvalue weighted by Crippen LogP contribution is -2.34. The van der Waals surface area contributed by atoms with Crippen LogP contribution in [-0.4, -0.2) is 29.6 Å². The van der Waals surface area contributed by atoms with Gasteiger partial charge in [-0.05, 0) is 48.0 Å². The van der Waals surface area contributed by atoms with Crippen LogP contribution in [0, 0.1) is 0 Å². The van der Waals surface area contributed by atoms with Crippen molar-refractivity contribution in [3.05, 3.63) is 28.2 Å². The average molecular weight is 329 g/mol. The highest BCUT2D eigenvalue weighted by molar-refractivity contribution is 9.10. The molecule has 0 bridgehead atoms. The fraction of sp³-hybridized carbons (Fsp3) is 0.385. The van der Waals surface area contributed by atoms with Crippen LogP contribution in [0.5, 0.6) is 0 Å². The Morgan fingerprint density at radius 3 is 2.53 bits per heavy atom. The summed E-state index contributed by atoms with van der Waals surface area (Å²) in [4.78, 5) is 23.9. The van der Waals surface area contributed by atoms with Gasteiger partial charge in [0, 0.05) is 22.7 Å². The van der Waals surface area contributed by atoms with Gasteiger partial charge in [0.05, 0.1) is 12.0 Å². The Labute approximate surface area is 120 Å². The number of primary amides is 1. The van der Waals surface area contributed by atoms with Crippen LogP contribution >= 0.6 is 15.9 Å². The third-order valence-corrected chi connectivity index (χ3v) is 3.55. The second kappa shape index (κ2) is 6.56. The molecular formula is C13H17BrN2O3. The van der Waals surface area contributed by atoms with Crippen molar-refractivity contribution in [3.63, 3.8) is 0 Å². The number of benzene rings is 1. The van der Waals surface area contributed by atoms with Gasteiger partial charge < -0.3 is 15.7 Å². The lowest BCUT2D eigenvalue weighted by Gasteiger charge is -2.29. The normalized spacial score (nSPS) is 11.9. The average Bonchev–Trinajstić information content (AvgIpc) is 2.28. The molecule has 0 aliphatic heterocycles. The number of rotatable bonds is 6. The van der Waals surface area contributed by atoms with Gasteiger partial charge >= 0.3 is 5.97 Å². The Hall–Kier alpha value is -1.56. The van der Waals surface area contributed by atoms with Gasteiger partial charge in [0.2, 0.25) is 5.91 Å². The SMILES string of the molecule is CCN(c1ccc(C(N)=O)c(Br)c1)C(C)CC(=O)O. The summed E-state index contributed by atoms with van der Waals surface area (Å²) in [5.41, 5.74) is 6.50. The highest BCUT2D eigenvalue weighted by atomic mass is 79.9. The molecule has 5 nitrogen and oxygen atoms in total. The highest BCUT2D eigenvalue weighted by Gasteiger charge is 2.17. The summed E-state index contributed by atoms with van der Waals surface area (Å²) in [5.74, 6) is -1.33. The number of carboxylic acids is 1. The number of amides is 1. The number of carbonyl (C=O) groups excluding carboxylic acids is 1. The quantitative estimate of drug-likeness (QED) is 0.838. The summed E-state index contributed by atoms with van der Waals surface area (Å²) in [6.07, 6.45) is 0.0586. The van der Waals surface area contributed by atoms with Crippen molar-refractivity contribution < 1.29 is 14.7 Å². The van der Waals surface area contributed by atoms with E-state index in [4.69, 9.17) is 10.8 Å². The number of hydrogen-bond donors (Lipinski definition) is 2. The third-order valence-electron chi connectivity index (χ3n) is 2.89. The Balaban J connectivity index is 3.02. The van der Waals surface area contributed by atoms with Gasteiger partial charge in [0.15, 0.2) is 0 Å². The number of hydrogen-bond acceptors (Lipinski definition) is 3. The second-order valence-corrected chi connectivity index (χ2v) is 5.12. The van der Waals surface area contributed by atoms with E-state index >= 15 is 0 Å². The molecule has 0 aliphatic carbocycles. The van der Waals surface area contributed by atoms with Crippen LogP contribution in [0.15, 0.2) is 22.7 Å². The van der Waals surface area contributed by atoms with E-state index in [1.165, 1.54) is 0 Å². The summed E-state index contributed by atoms with van der Waals surface area (Å²) in [7, 11) is 0. The molecule has 1 amide bonds. The van der Waals surface area contributed by atoms with Gasteiger partial charge in [-0.1, -0.05) is 0 Å². The van der Waals surface area contributed by atoms with Gasteiger partial charge in [0.1, 0.15) is 0 Å². The van der Waals surface area contributed by atoms with Gasteiger partial charge in [-0.2, -0.15) is 0 Å². The molecule has 104 valence electrons. The summed E-state index contributed by atoms with van der Waals surface area (Å²) in [5, 5.41) is 8.85. The van der Waals surface area contributed by atoms with Gasteiger partial charge in [-0.15, -0.1) is 0 Å². The first-order valence-corrected chi connectivity index (χ1v) is 6.73. The molecule has 0 fully saturated rings. The van der Waals surface area contributed by atoms with Gasteiger partial charge in [0.25, 0.3) is 0 Å². The maximum absolute atomic E-state index is 11.2. The molecule has 0 aromatic heterocycles. The van der Waals surface area contributed by atoms with E-state index in [1.54, 1.807) is 18.2 Å². The van der Waals surface area contributed by atoms with Crippen LogP contribution in [0.25, 0.3) is 0 Å². The van der Waals surface area contributed by atoms with Crippen molar-refractivity contribution in [2.24, 2.45) is 5.73 Å². The van der Waals surface area contributed by atoms with Crippen molar-refractivity contribution >= 4 is 33.5 Å². The van der Waals surface area contributed by atoms with Crippen LogP contribution in [0.3, 0.4) is 0 Å². The Morgan fingerprint density at radius 1 is 1.47 bits per heavy atom. The molecule has 0 heterocycles. The molecule has 3 N–H and O–H groups in total. The Bertz CT molecular complexity index is 491. The predicted octanol–water partition coefficient (Wildman–Crippen LogP) is 2.24. The molecule has 0 aliphatic rings. The summed E-state index contributed by atoms with van der Waals surface area (Å²) >= 11 is 3.30. The van der Waals surface area contributed by atoms with E-state index in [0.29, 0.717) is 16.6 Å². The lowest BCUT2D eigenvalue weighted by atomic mass is 10.1. The van der Waals surface area contributed by atoms with E-state index < -0.39 is 11.9 Å². The van der Waals surface area contributed by atoms with Gasteiger partial charge in [-0.25, -0.2) is 0 Å². The van der Waals surface area contributed by atoms with Crippen molar-refractivity contribution in [2.45, 2.75) is 26.3 Å². The van der Waals surface area contributed by atoms with Crippen LogP contribution in [0.4, 0.5) is 5.69 Å². The molecule has 0 saturated carbocycles. The Morgan fingerprint density at radius 2 is 2.11 bits per heavy atom. The van der Waals surface area contributed by atoms with Crippen LogP contribution in [-0.2, 0) is 4.79 Å². The number of aliphatic carboxylic acids is 1. The zero-order valence-electron chi connectivity index (χ0n) is 10.9. The first-order chi connectivity index (χ1) is 8.86. The van der Waals surface area contributed by atoms with E-state index in [9.17, 15) is 9.59 Å². The van der Waals surface area contributed by atoms with Crippen LogP contribution < -0.4 is 10.6 Å². The van der Waals surface area contributed by atoms with Crippen LogP contribution in [0.2, 0.25) is 0 Å². The monoisotopic (exact) mass is 328 g/mol. The molecule has 1 unspecified atom stereocenters. The fourth-order valence-electron chi connectivity index (χ4n) is 1.99. The van der Waals surface area contributed by atoms with E-state index in [0.717, 1.165) is 5.69 Å². The number of carbonyl (C=O) groups is 2. The predicted molar refractivity (Wildman–Crippen MR) is 77.4 cm³/mol. The van der Waals surface area contributed by atoms with E-state index in [2.05, 4.69) is 15.9 Å². The van der Waals surface area contributed by atoms with E-state index in [1.807, 2.05) is 18.7 Å². The lowest BCUT2D eigenvalue weighted by molar-refractivity contribution is -0.137. The van der Waals surface area contributed by atoms with Gasteiger partial charge in [-0.3, -0.25) is 9.59 Å². The first kappa shape index (κ1) is 15.5. The van der Waals surface area contributed by atoms with Crippen molar-refractivity contribution in [1.82, 2.24) is 0 Å². The molecule has 1 atom stereocenters. The number of anilines is 1. The molecule has 6 heteroatoms. The number of nitrogens with two attached hydrogens (primary N) is 1. The zero-order chi connectivity index (χ0) is 14.6. The van der Waals surface area contributed by atoms with E-state index in [-0.39, 0.29) is 12.5 Å². The number of halogens is 1. The maximum Gasteiger partial charge on any atom is 0.305 e. The minimum atomic E-state index is -0.834. The first-order valence-electron chi connectivity index (χ1n) is 5.94. The van der Waals surface area contributed by atoms with Crippen LogP contribution in [0.1, 0.15) is 30.6 Å². The summed E-state index contributed by atoms with van der Waals surface area (Å²) in [6, 6.07) is 5.06. The summed E-state index contributed by atoms with van der Waals surface area (Å²) in [6.45, 7) is 4.48. The molecule has 19 heavy (non-hydrogen) atoms. The number of nitrogens with zero attached hydrogens (tertiary/aromatic N) is 1. The highest BCUT2D eigenvalue weighted by Crippen LogP contribution is 2.25. The standard InChI is InChI=1S/C13H17BrN2O3/c1-3-16(8(2)6-12(17)18)9-4-5-10(13(15)19)11(14)7-9/h4-5,7-8H,3,6H2,1-2H3,(H2,15,19)(H,17,18). The smallest absolute Gasteiger partial charge is 0.305 e. The number of carboxylic acid groups (broad SMARTS) is 1. The molecule has 0 saturated heterocycles. The molecule has 0 radical (unpaired) electrons. The molecular weight excluding hydrogens is 312 g/mol. The summed E-state index contributed by atoms with van der Waals surface area (Å²) < 4.78 is 0.610. The molecule has 0 spiro atoms. The largest absolute Gasteiger partial charge is 0.481 e. The minimum Gasteiger partial charge on any atom is -0.481 e. The second-order valence-electron chi connectivity index (χ2n) is 4.26. The topological polar surface area (TPSA) is 83.6 Å². The van der Waals surface area contributed by atoms with Crippen molar-refractivity contribution in [3.8, 4) is 0 Å².